The van der Waals surface area contributed by atoms with E-state index in [1.165, 1.54) is 45.0 Å². The van der Waals surface area contributed by atoms with Crippen molar-refractivity contribution in [1.82, 2.24) is 15.2 Å². The van der Waals surface area contributed by atoms with E-state index < -0.39 is 0 Å². The van der Waals surface area contributed by atoms with Gasteiger partial charge in [0.1, 0.15) is 28.6 Å². The second-order valence-corrected chi connectivity index (χ2v) is 5.16. The van der Waals surface area contributed by atoms with Crippen LogP contribution in [-0.4, -0.2) is 46.0 Å². The van der Waals surface area contributed by atoms with Crippen molar-refractivity contribution < 1.29 is 19.4 Å². The monoisotopic (exact) mass is 309 g/mol. The number of thioether (sulfide) groups is 1. The standard InChI is InChI=1S/C13H15N3O4S/c1-7(17)6-21-13-14-12(15-16-13)11-9(19-2)4-8(18)5-10(11)20-3/h4-5,18H,6H2,1-3H3,(H,14,15,16). The van der Waals surface area contributed by atoms with Gasteiger partial charge in [0.05, 0.1) is 20.0 Å². The van der Waals surface area contributed by atoms with Gasteiger partial charge in [0.15, 0.2) is 11.0 Å². The quantitative estimate of drug-likeness (QED) is 0.786. The van der Waals surface area contributed by atoms with Crippen molar-refractivity contribution in [3.05, 3.63) is 12.1 Å². The molecule has 8 heteroatoms. The van der Waals surface area contributed by atoms with Crippen LogP contribution in [0.25, 0.3) is 11.4 Å². The summed E-state index contributed by atoms with van der Waals surface area (Å²) in [7, 11) is 2.97. The number of carbonyl (C=O) groups is 1. The van der Waals surface area contributed by atoms with Crippen LogP contribution < -0.4 is 9.47 Å². The van der Waals surface area contributed by atoms with Crippen molar-refractivity contribution in [2.24, 2.45) is 0 Å². The van der Waals surface area contributed by atoms with Crippen LogP contribution in [-0.2, 0) is 4.79 Å². The Bertz CT molecular complexity index is 632. The fourth-order valence-corrected chi connectivity index (χ4v) is 2.33. The van der Waals surface area contributed by atoms with Crippen LogP contribution in [0.3, 0.4) is 0 Å². The number of aromatic amines is 1. The maximum atomic E-state index is 11.0. The number of phenols is 1. The number of phenolic OH excluding ortho intramolecular Hbond substituents is 1. The van der Waals surface area contributed by atoms with Gasteiger partial charge in [0.2, 0.25) is 0 Å². The van der Waals surface area contributed by atoms with Crippen LogP contribution in [0.15, 0.2) is 17.3 Å². The average Bonchev–Trinajstić information content (AvgIpc) is 2.92. The molecule has 2 N–H and O–H groups in total. The summed E-state index contributed by atoms with van der Waals surface area (Å²) in [4.78, 5) is 14.0. The number of benzene rings is 1. The molecule has 0 atom stereocenters. The van der Waals surface area contributed by atoms with E-state index in [1.807, 2.05) is 0 Å². The molecule has 0 aliphatic carbocycles. The number of aromatic nitrogens is 3. The van der Waals surface area contributed by atoms with E-state index in [2.05, 4.69) is 15.2 Å². The molecule has 7 nitrogen and oxygen atoms in total. The summed E-state index contributed by atoms with van der Waals surface area (Å²) >= 11 is 1.26. The van der Waals surface area contributed by atoms with Gasteiger partial charge in [-0.3, -0.25) is 4.79 Å². The predicted octanol–water partition coefficient (Wildman–Crippen LogP) is 1.88. The van der Waals surface area contributed by atoms with Gasteiger partial charge in [0, 0.05) is 12.1 Å². The Labute approximate surface area is 125 Å². The summed E-state index contributed by atoms with van der Waals surface area (Å²) in [5.41, 5.74) is 0.556. The number of rotatable bonds is 6. The lowest BCUT2D eigenvalue weighted by Crippen LogP contribution is -1.95. The zero-order valence-electron chi connectivity index (χ0n) is 11.8. The minimum absolute atomic E-state index is 0.0261. The smallest absolute Gasteiger partial charge is 0.189 e. The first-order valence-electron chi connectivity index (χ1n) is 6.05. The third-order valence-electron chi connectivity index (χ3n) is 2.61. The van der Waals surface area contributed by atoms with Crippen LogP contribution in [0.4, 0.5) is 0 Å². The van der Waals surface area contributed by atoms with Gasteiger partial charge in [-0.1, -0.05) is 11.8 Å². The fraction of sp³-hybridized carbons (Fsp3) is 0.308. The summed E-state index contributed by atoms with van der Waals surface area (Å²) in [5, 5.41) is 18.2. The summed E-state index contributed by atoms with van der Waals surface area (Å²) in [6.07, 6.45) is 0. The number of hydrogen-bond donors (Lipinski definition) is 2. The van der Waals surface area contributed by atoms with Gasteiger partial charge >= 0.3 is 0 Å². The topological polar surface area (TPSA) is 97.3 Å². The van der Waals surface area contributed by atoms with E-state index in [0.29, 0.717) is 33.8 Å². The van der Waals surface area contributed by atoms with Crippen molar-refractivity contribution in [2.45, 2.75) is 12.1 Å². The van der Waals surface area contributed by atoms with Crippen molar-refractivity contribution in [2.75, 3.05) is 20.0 Å². The van der Waals surface area contributed by atoms with Crippen molar-refractivity contribution >= 4 is 17.5 Å². The Hall–Kier alpha value is -2.22. The Morgan fingerprint density at radius 1 is 1.29 bits per heavy atom. The van der Waals surface area contributed by atoms with Crippen LogP contribution >= 0.6 is 11.8 Å². The van der Waals surface area contributed by atoms with Crippen LogP contribution in [0, 0.1) is 0 Å². The molecule has 0 spiro atoms. The van der Waals surface area contributed by atoms with Crippen LogP contribution in [0.5, 0.6) is 17.2 Å². The van der Waals surface area contributed by atoms with Crippen molar-refractivity contribution in [3.8, 4) is 28.6 Å². The molecule has 21 heavy (non-hydrogen) atoms. The van der Waals surface area contributed by atoms with Gasteiger partial charge in [0.25, 0.3) is 0 Å². The van der Waals surface area contributed by atoms with Crippen molar-refractivity contribution in [1.29, 1.82) is 0 Å². The number of nitrogens with zero attached hydrogens (tertiary/aromatic N) is 2. The first-order chi connectivity index (χ1) is 10.0. The fourth-order valence-electron chi connectivity index (χ4n) is 1.73. The molecule has 0 aliphatic rings. The number of ether oxygens (including phenoxy) is 2. The van der Waals surface area contributed by atoms with E-state index in [-0.39, 0.29) is 11.5 Å². The first-order valence-corrected chi connectivity index (χ1v) is 7.04. The molecule has 1 aromatic heterocycles. The van der Waals surface area contributed by atoms with Gasteiger partial charge in [-0.15, -0.1) is 10.2 Å². The lowest BCUT2D eigenvalue weighted by Gasteiger charge is -2.11. The summed E-state index contributed by atoms with van der Waals surface area (Å²) in [6, 6.07) is 2.92. The Morgan fingerprint density at radius 3 is 2.43 bits per heavy atom. The second-order valence-electron chi connectivity index (χ2n) is 4.19. The number of Topliss-reactive ketones (excluding diaryl/α,β-unsaturated/α-hetero) is 1. The highest BCUT2D eigenvalue weighted by atomic mass is 32.2. The van der Waals surface area contributed by atoms with E-state index in [9.17, 15) is 9.90 Å². The number of hydrogen-bond acceptors (Lipinski definition) is 7. The number of carbonyl (C=O) groups excluding carboxylic acids is 1. The molecule has 0 unspecified atom stereocenters. The van der Waals surface area contributed by atoms with Gasteiger partial charge in [-0.05, 0) is 6.92 Å². The molecule has 112 valence electrons. The van der Waals surface area contributed by atoms with Crippen LogP contribution in [0.1, 0.15) is 6.92 Å². The summed E-state index contributed by atoms with van der Waals surface area (Å²) in [5.74, 6) is 1.65. The average molecular weight is 309 g/mol. The van der Waals surface area contributed by atoms with Gasteiger partial charge in [-0.2, -0.15) is 0 Å². The third kappa shape index (κ3) is 3.46. The normalized spacial score (nSPS) is 10.4. The summed E-state index contributed by atoms with van der Waals surface area (Å²) < 4.78 is 10.5. The zero-order valence-corrected chi connectivity index (χ0v) is 12.7. The highest BCUT2D eigenvalue weighted by molar-refractivity contribution is 7.99. The highest BCUT2D eigenvalue weighted by Gasteiger charge is 2.18. The maximum Gasteiger partial charge on any atom is 0.189 e. The minimum atomic E-state index is 0.0261. The SMILES string of the molecule is COc1cc(O)cc(OC)c1-c1nnc(SCC(C)=O)[nH]1. The first kappa shape index (κ1) is 15.2. The number of nitrogens with one attached hydrogen (secondary N) is 1. The molecule has 0 saturated carbocycles. The minimum Gasteiger partial charge on any atom is -0.508 e. The highest BCUT2D eigenvalue weighted by Crippen LogP contribution is 2.40. The molecule has 0 saturated heterocycles. The number of ketones is 1. The number of aromatic hydroxyl groups is 1. The number of methoxy groups -OCH3 is 2. The molecule has 1 aromatic carbocycles. The molecule has 0 bridgehead atoms. The molecule has 1 heterocycles. The Balaban J connectivity index is 2.39. The van der Waals surface area contributed by atoms with Gasteiger partial charge < -0.3 is 19.6 Å². The predicted molar refractivity (Wildman–Crippen MR) is 78.0 cm³/mol. The Kier molecular flexibility index (Phi) is 4.69. The van der Waals surface area contributed by atoms with E-state index in [4.69, 9.17) is 9.47 Å². The second kappa shape index (κ2) is 6.49. The zero-order chi connectivity index (χ0) is 15.4. The molecule has 2 aromatic rings. The van der Waals surface area contributed by atoms with Crippen molar-refractivity contribution in [3.63, 3.8) is 0 Å². The van der Waals surface area contributed by atoms with E-state index >= 15 is 0 Å². The van der Waals surface area contributed by atoms with E-state index in [1.54, 1.807) is 0 Å². The molecular weight excluding hydrogens is 294 g/mol. The molecule has 0 aliphatic heterocycles. The van der Waals surface area contributed by atoms with E-state index in [0.717, 1.165) is 0 Å². The molecule has 0 amide bonds. The van der Waals surface area contributed by atoms with Crippen LogP contribution in [0.2, 0.25) is 0 Å². The lowest BCUT2D eigenvalue weighted by molar-refractivity contribution is -0.114. The largest absolute Gasteiger partial charge is 0.508 e. The molecule has 0 radical (unpaired) electrons. The Morgan fingerprint density at radius 2 is 1.90 bits per heavy atom. The maximum absolute atomic E-state index is 11.0. The molecule has 0 fully saturated rings. The molecular formula is C13H15N3O4S. The van der Waals surface area contributed by atoms with Gasteiger partial charge in [-0.25, -0.2) is 0 Å². The number of H-pyrrole nitrogens is 1. The third-order valence-corrected chi connectivity index (χ3v) is 3.61. The summed E-state index contributed by atoms with van der Waals surface area (Å²) in [6.45, 7) is 1.51. The lowest BCUT2D eigenvalue weighted by atomic mass is 10.1. The molecule has 2 rings (SSSR count).